The zero-order valence-electron chi connectivity index (χ0n) is 21.3. The highest BCUT2D eigenvalue weighted by Crippen LogP contribution is 2.24. The number of ketones is 2. The maximum absolute atomic E-state index is 13.5. The molecule has 0 unspecified atom stereocenters. The van der Waals surface area contributed by atoms with Crippen LogP contribution in [0.4, 0.5) is 4.79 Å². The van der Waals surface area contributed by atoms with Crippen molar-refractivity contribution in [1.82, 2.24) is 25.8 Å². The van der Waals surface area contributed by atoms with Crippen LogP contribution in [-0.2, 0) is 24.0 Å². The number of benzene rings is 1. The van der Waals surface area contributed by atoms with Gasteiger partial charge >= 0.3 is 11.9 Å². The van der Waals surface area contributed by atoms with Crippen LogP contribution in [0.5, 0.6) is 0 Å². The largest absolute Gasteiger partial charge is 0.358 e. The molecule has 0 radical (unpaired) electrons. The van der Waals surface area contributed by atoms with Gasteiger partial charge in [0.2, 0.25) is 11.8 Å². The summed E-state index contributed by atoms with van der Waals surface area (Å²) >= 11 is 0. The summed E-state index contributed by atoms with van der Waals surface area (Å²) in [6.07, 6.45) is 0.691. The minimum Gasteiger partial charge on any atom is -0.344 e. The standard InChI is InChI=1S/C25H31N5O7/c1-14-10-15(2)21(16(3)11-14)22(34)24(36)27-28-9-7-20(33)29-8-5-6-19(30(29)25(28)37)23(35)26-18(13-31)12-17(4)32/h10-11,13,18-19H,5-9,12H2,1-4H3,(H,26,35)(H,27,36)/t18-,19-/m0/s1. The lowest BCUT2D eigenvalue weighted by Crippen LogP contribution is -2.65. The second-order valence-corrected chi connectivity index (χ2v) is 9.40. The number of nitrogens with one attached hydrogen (secondary N) is 2. The van der Waals surface area contributed by atoms with Crippen molar-refractivity contribution >= 4 is 41.6 Å². The Morgan fingerprint density at radius 1 is 1.08 bits per heavy atom. The third-order valence-electron chi connectivity index (χ3n) is 6.32. The monoisotopic (exact) mass is 513 g/mol. The van der Waals surface area contributed by atoms with Crippen LogP contribution in [-0.4, -0.2) is 81.8 Å². The first-order valence-electron chi connectivity index (χ1n) is 12.0. The first kappa shape index (κ1) is 27.5. The maximum Gasteiger partial charge on any atom is 0.358 e. The molecule has 0 aliphatic carbocycles. The van der Waals surface area contributed by atoms with E-state index in [0.29, 0.717) is 23.8 Å². The van der Waals surface area contributed by atoms with Crippen molar-refractivity contribution < 1.29 is 33.6 Å². The van der Waals surface area contributed by atoms with Crippen molar-refractivity contribution in [3.05, 3.63) is 34.4 Å². The van der Waals surface area contributed by atoms with Gasteiger partial charge < -0.3 is 10.1 Å². The number of fused-ring (bicyclic) bond motifs is 1. The van der Waals surface area contributed by atoms with Crippen LogP contribution in [0.1, 0.15) is 59.7 Å². The van der Waals surface area contributed by atoms with Gasteiger partial charge in [0.25, 0.3) is 5.78 Å². The van der Waals surface area contributed by atoms with E-state index in [-0.39, 0.29) is 43.7 Å². The average Bonchev–Trinajstić information content (AvgIpc) is 2.94. The lowest BCUT2D eigenvalue weighted by molar-refractivity contribution is -0.155. The molecule has 3 rings (SSSR count). The zero-order valence-corrected chi connectivity index (χ0v) is 21.3. The van der Waals surface area contributed by atoms with Crippen LogP contribution in [0.25, 0.3) is 0 Å². The van der Waals surface area contributed by atoms with E-state index in [9.17, 15) is 33.6 Å². The van der Waals surface area contributed by atoms with Crippen molar-refractivity contribution in [2.75, 3.05) is 13.1 Å². The fraction of sp³-hybridized carbons (Fsp3) is 0.480. The first-order chi connectivity index (χ1) is 17.4. The van der Waals surface area contributed by atoms with Crippen molar-refractivity contribution in [1.29, 1.82) is 0 Å². The number of carbonyl (C=O) groups excluding carboxylic acids is 7. The van der Waals surface area contributed by atoms with E-state index in [2.05, 4.69) is 10.7 Å². The number of hydrogen-bond acceptors (Lipinski definition) is 7. The summed E-state index contributed by atoms with van der Waals surface area (Å²) in [4.78, 5) is 87.9. The molecule has 12 heteroatoms. The second-order valence-electron chi connectivity index (χ2n) is 9.40. The number of carbonyl (C=O) groups is 7. The molecular weight excluding hydrogens is 482 g/mol. The average molecular weight is 514 g/mol. The summed E-state index contributed by atoms with van der Waals surface area (Å²) < 4.78 is 0. The van der Waals surface area contributed by atoms with Gasteiger partial charge in [0.05, 0.1) is 12.6 Å². The second kappa shape index (κ2) is 11.3. The predicted octanol–water partition coefficient (Wildman–Crippen LogP) is 0.522. The van der Waals surface area contributed by atoms with E-state index in [1.165, 1.54) is 6.92 Å². The Kier molecular flexibility index (Phi) is 8.41. The van der Waals surface area contributed by atoms with E-state index in [0.717, 1.165) is 20.6 Å². The Morgan fingerprint density at radius 3 is 2.32 bits per heavy atom. The molecule has 1 aromatic rings. The number of amides is 5. The molecule has 2 saturated heterocycles. The van der Waals surface area contributed by atoms with Gasteiger partial charge in [-0.25, -0.2) is 19.8 Å². The van der Waals surface area contributed by atoms with Crippen molar-refractivity contribution in [2.45, 2.75) is 65.5 Å². The highest BCUT2D eigenvalue weighted by atomic mass is 16.2. The molecule has 5 amide bonds. The molecule has 12 nitrogen and oxygen atoms in total. The molecular formula is C25H31N5O7. The van der Waals surface area contributed by atoms with Gasteiger partial charge in [-0.3, -0.25) is 29.4 Å². The quantitative estimate of drug-likeness (QED) is 0.292. The number of nitrogens with zero attached hydrogens (tertiary/aromatic N) is 3. The van der Waals surface area contributed by atoms with Crippen molar-refractivity contribution in [2.24, 2.45) is 0 Å². The molecule has 0 spiro atoms. The Balaban J connectivity index is 1.83. The molecule has 2 fully saturated rings. The molecule has 1 aromatic carbocycles. The summed E-state index contributed by atoms with van der Waals surface area (Å²) in [5, 5.41) is 5.41. The smallest absolute Gasteiger partial charge is 0.344 e. The molecule has 2 aliphatic rings. The first-order valence-corrected chi connectivity index (χ1v) is 12.0. The normalized spacial score (nSPS) is 18.5. The van der Waals surface area contributed by atoms with Gasteiger partial charge in [0.15, 0.2) is 0 Å². The number of aldehydes is 1. The minimum absolute atomic E-state index is 0.144. The lowest BCUT2D eigenvalue weighted by Gasteiger charge is -2.42. The fourth-order valence-corrected chi connectivity index (χ4v) is 4.76. The predicted molar refractivity (Wildman–Crippen MR) is 130 cm³/mol. The topological polar surface area (TPSA) is 153 Å². The van der Waals surface area contributed by atoms with Crippen LogP contribution in [0, 0.1) is 20.8 Å². The van der Waals surface area contributed by atoms with Crippen molar-refractivity contribution in [3.8, 4) is 0 Å². The molecule has 2 atom stereocenters. The third-order valence-corrected chi connectivity index (χ3v) is 6.32. The van der Waals surface area contributed by atoms with Crippen LogP contribution in [0.2, 0.25) is 0 Å². The summed E-state index contributed by atoms with van der Waals surface area (Å²) in [5.41, 5.74) is 4.70. The van der Waals surface area contributed by atoms with Crippen LogP contribution < -0.4 is 10.7 Å². The number of aryl methyl sites for hydroxylation is 3. The van der Waals surface area contributed by atoms with Gasteiger partial charge in [-0.15, -0.1) is 0 Å². The lowest BCUT2D eigenvalue weighted by atomic mass is 9.96. The molecule has 2 heterocycles. The Labute approximate surface area is 214 Å². The van der Waals surface area contributed by atoms with Crippen molar-refractivity contribution in [3.63, 3.8) is 0 Å². The summed E-state index contributed by atoms with van der Waals surface area (Å²) in [7, 11) is 0. The molecule has 0 saturated carbocycles. The Morgan fingerprint density at radius 2 is 1.73 bits per heavy atom. The van der Waals surface area contributed by atoms with Gasteiger partial charge in [-0.05, 0) is 51.7 Å². The number of hydrogen-bond donors (Lipinski definition) is 2. The Hall–Kier alpha value is -4.09. The minimum atomic E-state index is -1.16. The molecule has 2 aliphatic heterocycles. The SMILES string of the molecule is CC(=O)C[C@@H](C=O)NC(=O)[C@@H]1CCCN2C(=O)CCN(NC(=O)C(=O)c3c(C)cc(C)cc3C)C(=O)N12. The molecule has 0 aromatic heterocycles. The zero-order chi connectivity index (χ0) is 27.4. The van der Waals surface area contributed by atoms with Gasteiger partial charge in [-0.1, -0.05) is 17.7 Å². The summed E-state index contributed by atoms with van der Waals surface area (Å²) in [6.45, 7) is 6.55. The molecule has 0 bridgehead atoms. The number of Topliss-reactive ketones (excluding diaryl/α,β-unsaturated/α-hetero) is 2. The van der Waals surface area contributed by atoms with Gasteiger partial charge in [0.1, 0.15) is 18.1 Å². The van der Waals surface area contributed by atoms with Crippen LogP contribution >= 0.6 is 0 Å². The van der Waals surface area contributed by atoms with Gasteiger partial charge in [0, 0.05) is 24.9 Å². The fourth-order valence-electron chi connectivity index (χ4n) is 4.76. The van der Waals surface area contributed by atoms with E-state index in [4.69, 9.17) is 0 Å². The number of rotatable bonds is 8. The third kappa shape index (κ3) is 6.01. The van der Waals surface area contributed by atoms with E-state index in [1.807, 2.05) is 6.92 Å². The summed E-state index contributed by atoms with van der Waals surface area (Å²) in [5.74, 6) is -3.33. The van der Waals surface area contributed by atoms with Crippen LogP contribution in [0.15, 0.2) is 12.1 Å². The van der Waals surface area contributed by atoms with E-state index >= 15 is 0 Å². The maximum atomic E-state index is 13.5. The number of hydrazine groups is 2. The Bertz CT molecular complexity index is 1140. The molecule has 37 heavy (non-hydrogen) atoms. The summed E-state index contributed by atoms with van der Waals surface area (Å²) in [6, 6.07) is 0.452. The van der Waals surface area contributed by atoms with Crippen LogP contribution in [0.3, 0.4) is 0 Å². The molecule has 2 N–H and O–H groups in total. The van der Waals surface area contributed by atoms with E-state index in [1.54, 1.807) is 26.0 Å². The van der Waals surface area contributed by atoms with E-state index < -0.39 is 41.6 Å². The number of urea groups is 1. The highest BCUT2D eigenvalue weighted by molar-refractivity contribution is 6.43. The molecule has 198 valence electrons. The van der Waals surface area contributed by atoms with Gasteiger partial charge in [-0.2, -0.15) is 0 Å². The highest BCUT2D eigenvalue weighted by Gasteiger charge is 2.44.